The van der Waals surface area contributed by atoms with Gasteiger partial charge >= 0.3 is 5.97 Å². The van der Waals surface area contributed by atoms with Gasteiger partial charge in [-0.25, -0.2) is 0 Å². The zero-order chi connectivity index (χ0) is 16.3. The average molecular weight is 310 g/mol. The predicted molar refractivity (Wildman–Crippen MR) is 89.9 cm³/mol. The lowest BCUT2D eigenvalue weighted by atomic mass is 9.89. The van der Waals surface area contributed by atoms with Gasteiger partial charge in [-0.2, -0.15) is 0 Å². The van der Waals surface area contributed by atoms with Gasteiger partial charge in [0, 0.05) is 6.42 Å². The largest absolute Gasteiger partial charge is 0.462 e. The van der Waals surface area contributed by atoms with Crippen LogP contribution in [0.15, 0.2) is 54.6 Å². The Labute approximate surface area is 136 Å². The van der Waals surface area contributed by atoms with Crippen LogP contribution in [-0.2, 0) is 16.0 Å². The Balaban J connectivity index is 1.60. The highest BCUT2D eigenvalue weighted by Gasteiger charge is 2.35. The summed E-state index contributed by atoms with van der Waals surface area (Å²) in [5.41, 5.74) is 2.68. The van der Waals surface area contributed by atoms with Crippen molar-refractivity contribution in [3.8, 4) is 11.1 Å². The first-order valence-electron chi connectivity index (χ1n) is 8.08. The second kappa shape index (κ2) is 6.55. The van der Waals surface area contributed by atoms with Gasteiger partial charge in [0.05, 0.1) is 12.0 Å². The number of hydrogen-bond donors (Lipinski definition) is 1. The molecule has 2 aromatic rings. The van der Waals surface area contributed by atoms with Crippen LogP contribution in [0.25, 0.3) is 11.1 Å². The van der Waals surface area contributed by atoms with Crippen LogP contribution in [0.2, 0.25) is 0 Å². The number of esters is 1. The molecule has 0 spiro atoms. The van der Waals surface area contributed by atoms with E-state index in [1.54, 1.807) is 6.92 Å². The Hall–Kier alpha value is -2.13. The molecule has 0 radical (unpaired) electrons. The SMILES string of the molecule is CC1(O)CC(=O)OC(CCc2ccc(-c3ccccc3)cc2)C1. The first-order valence-corrected chi connectivity index (χ1v) is 8.08. The van der Waals surface area contributed by atoms with E-state index in [-0.39, 0.29) is 18.5 Å². The summed E-state index contributed by atoms with van der Waals surface area (Å²) < 4.78 is 5.34. The molecule has 23 heavy (non-hydrogen) atoms. The molecule has 3 rings (SSSR count). The molecule has 1 aliphatic heterocycles. The third-order valence-electron chi connectivity index (χ3n) is 4.31. The van der Waals surface area contributed by atoms with E-state index < -0.39 is 5.60 Å². The minimum atomic E-state index is -0.933. The maximum Gasteiger partial charge on any atom is 0.308 e. The van der Waals surface area contributed by atoms with Crippen LogP contribution in [-0.4, -0.2) is 22.8 Å². The number of hydrogen-bond acceptors (Lipinski definition) is 3. The van der Waals surface area contributed by atoms with Crippen LogP contribution in [0.4, 0.5) is 0 Å². The van der Waals surface area contributed by atoms with Crippen LogP contribution in [0, 0.1) is 0 Å². The lowest BCUT2D eigenvalue weighted by molar-refractivity contribution is -0.168. The number of ether oxygens (including phenoxy) is 1. The minimum Gasteiger partial charge on any atom is -0.462 e. The Bertz CT molecular complexity index is 659. The van der Waals surface area contributed by atoms with Crippen molar-refractivity contribution in [3.63, 3.8) is 0 Å². The molecular formula is C20H22O3. The number of rotatable bonds is 4. The lowest BCUT2D eigenvalue weighted by Crippen LogP contribution is -2.41. The highest BCUT2D eigenvalue weighted by Crippen LogP contribution is 2.28. The normalized spacial score (nSPS) is 24.3. The van der Waals surface area contributed by atoms with Gasteiger partial charge in [0.15, 0.2) is 0 Å². The summed E-state index contributed by atoms with van der Waals surface area (Å²) in [7, 11) is 0. The number of aliphatic hydroxyl groups is 1. The molecule has 1 fully saturated rings. The summed E-state index contributed by atoms with van der Waals surface area (Å²) in [6.07, 6.45) is 1.99. The highest BCUT2D eigenvalue weighted by molar-refractivity contribution is 5.71. The zero-order valence-electron chi connectivity index (χ0n) is 13.4. The van der Waals surface area contributed by atoms with Gasteiger partial charge < -0.3 is 9.84 Å². The van der Waals surface area contributed by atoms with Crippen molar-refractivity contribution < 1.29 is 14.6 Å². The van der Waals surface area contributed by atoms with Crippen LogP contribution < -0.4 is 0 Å². The van der Waals surface area contributed by atoms with Gasteiger partial charge in [-0.05, 0) is 36.5 Å². The predicted octanol–water partition coefficient (Wildman–Crippen LogP) is 3.74. The second-order valence-corrected chi connectivity index (χ2v) is 6.59. The molecule has 3 nitrogen and oxygen atoms in total. The maximum absolute atomic E-state index is 11.5. The van der Waals surface area contributed by atoms with E-state index in [2.05, 4.69) is 36.4 Å². The summed E-state index contributed by atoms with van der Waals surface area (Å²) in [6.45, 7) is 1.70. The topological polar surface area (TPSA) is 46.5 Å². The molecule has 1 N–H and O–H groups in total. The Morgan fingerprint density at radius 1 is 1.09 bits per heavy atom. The number of carbonyl (C=O) groups excluding carboxylic acids is 1. The number of carbonyl (C=O) groups is 1. The fourth-order valence-corrected chi connectivity index (χ4v) is 3.13. The molecular weight excluding hydrogens is 288 g/mol. The van der Waals surface area contributed by atoms with E-state index in [0.717, 1.165) is 12.8 Å². The van der Waals surface area contributed by atoms with Crippen LogP contribution in [0.3, 0.4) is 0 Å². The third kappa shape index (κ3) is 4.20. The molecule has 120 valence electrons. The molecule has 1 heterocycles. The second-order valence-electron chi connectivity index (χ2n) is 6.59. The number of benzene rings is 2. The van der Waals surface area contributed by atoms with Crippen molar-refractivity contribution in [2.75, 3.05) is 0 Å². The van der Waals surface area contributed by atoms with Gasteiger partial charge in [0.2, 0.25) is 0 Å². The summed E-state index contributed by atoms with van der Waals surface area (Å²) in [4.78, 5) is 11.5. The molecule has 2 aromatic carbocycles. The van der Waals surface area contributed by atoms with E-state index >= 15 is 0 Å². The average Bonchev–Trinajstić information content (AvgIpc) is 2.52. The Morgan fingerprint density at radius 3 is 2.39 bits per heavy atom. The molecule has 0 aromatic heterocycles. The minimum absolute atomic E-state index is 0.0925. The van der Waals surface area contributed by atoms with Crippen LogP contribution >= 0.6 is 0 Å². The third-order valence-corrected chi connectivity index (χ3v) is 4.31. The molecule has 0 amide bonds. The monoisotopic (exact) mass is 310 g/mol. The smallest absolute Gasteiger partial charge is 0.308 e. The van der Waals surface area contributed by atoms with Gasteiger partial charge in [-0.15, -0.1) is 0 Å². The van der Waals surface area contributed by atoms with Crippen molar-refractivity contribution in [1.29, 1.82) is 0 Å². The Morgan fingerprint density at radius 2 is 1.74 bits per heavy atom. The molecule has 3 heteroatoms. The first-order chi connectivity index (χ1) is 11.0. The van der Waals surface area contributed by atoms with Crippen molar-refractivity contribution >= 4 is 5.97 Å². The number of aryl methyl sites for hydroxylation is 1. The van der Waals surface area contributed by atoms with E-state index in [9.17, 15) is 9.90 Å². The first kappa shape index (κ1) is 15.8. The number of cyclic esters (lactones) is 1. The van der Waals surface area contributed by atoms with E-state index in [1.165, 1.54) is 16.7 Å². The van der Waals surface area contributed by atoms with Gasteiger partial charge in [0.1, 0.15) is 6.10 Å². The molecule has 1 saturated heterocycles. The van der Waals surface area contributed by atoms with Crippen LogP contribution in [0.5, 0.6) is 0 Å². The highest BCUT2D eigenvalue weighted by atomic mass is 16.5. The van der Waals surface area contributed by atoms with Crippen molar-refractivity contribution in [2.45, 2.75) is 44.3 Å². The molecule has 0 aliphatic carbocycles. The summed E-state index contributed by atoms with van der Waals surface area (Å²) in [5.74, 6) is -0.300. The molecule has 1 aliphatic rings. The zero-order valence-corrected chi connectivity index (χ0v) is 13.4. The van der Waals surface area contributed by atoms with E-state index in [1.807, 2.05) is 18.2 Å². The van der Waals surface area contributed by atoms with Crippen molar-refractivity contribution in [2.24, 2.45) is 0 Å². The lowest BCUT2D eigenvalue weighted by Gasteiger charge is -2.33. The molecule has 2 atom stereocenters. The van der Waals surface area contributed by atoms with Crippen LogP contribution in [0.1, 0.15) is 31.7 Å². The van der Waals surface area contributed by atoms with E-state index in [0.29, 0.717) is 6.42 Å². The summed E-state index contributed by atoms with van der Waals surface area (Å²) in [5, 5.41) is 10.1. The fraction of sp³-hybridized carbons (Fsp3) is 0.350. The maximum atomic E-state index is 11.5. The van der Waals surface area contributed by atoms with Gasteiger partial charge in [-0.3, -0.25) is 4.79 Å². The van der Waals surface area contributed by atoms with Crippen molar-refractivity contribution in [1.82, 2.24) is 0 Å². The summed E-state index contributed by atoms with van der Waals surface area (Å²) in [6, 6.07) is 18.7. The Kier molecular flexibility index (Phi) is 4.49. The standard InChI is InChI=1S/C20H22O3/c1-20(22)13-18(23-19(21)14-20)12-9-15-7-10-17(11-8-15)16-5-3-2-4-6-16/h2-8,10-11,18,22H,9,12-14H2,1H3. The fourth-order valence-electron chi connectivity index (χ4n) is 3.13. The van der Waals surface area contributed by atoms with Crippen molar-refractivity contribution in [3.05, 3.63) is 60.2 Å². The molecule has 2 unspecified atom stereocenters. The van der Waals surface area contributed by atoms with Gasteiger partial charge in [0.25, 0.3) is 0 Å². The summed E-state index contributed by atoms with van der Waals surface area (Å²) >= 11 is 0. The quantitative estimate of drug-likeness (QED) is 0.875. The molecule has 0 bridgehead atoms. The van der Waals surface area contributed by atoms with Gasteiger partial charge in [-0.1, -0.05) is 54.6 Å². The molecule has 0 saturated carbocycles. The van der Waals surface area contributed by atoms with E-state index in [4.69, 9.17) is 4.74 Å².